The van der Waals surface area contributed by atoms with Crippen molar-refractivity contribution in [3.63, 3.8) is 0 Å². The summed E-state index contributed by atoms with van der Waals surface area (Å²) in [5.41, 5.74) is 2.46. The fraction of sp³-hybridized carbons (Fsp3) is 0.316. The van der Waals surface area contributed by atoms with Gasteiger partial charge in [-0.15, -0.1) is 0 Å². The van der Waals surface area contributed by atoms with Crippen LogP contribution in [0.3, 0.4) is 0 Å². The Labute approximate surface area is 139 Å². The van der Waals surface area contributed by atoms with E-state index in [0.29, 0.717) is 11.5 Å². The molecule has 5 heteroatoms. The van der Waals surface area contributed by atoms with Crippen LogP contribution in [-0.2, 0) is 4.74 Å². The molecule has 122 valence electrons. The number of carbonyl (C=O) groups is 1. The molecule has 3 unspecified atom stereocenters. The van der Waals surface area contributed by atoms with E-state index in [2.05, 4.69) is 18.2 Å². The lowest BCUT2D eigenvalue weighted by molar-refractivity contribution is -0.384. The largest absolute Gasteiger partial charge is 0.455 e. The van der Waals surface area contributed by atoms with E-state index in [0.717, 1.165) is 12.8 Å². The standard InChI is InChI=1S/C19H17NO4/c1-19(11-13-10-17(19)16-5-3-2-4-15(13)16)24-18(21)12-6-8-14(9-7-12)20(22)23/h2-9,13,17H,10-11H2,1H3. The minimum Gasteiger partial charge on any atom is -0.455 e. The number of fused-ring (bicyclic) bond motifs is 5. The second-order valence-electron chi connectivity index (χ2n) is 6.82. The van der Waals surface area contributed by atoms with Crippen LogP contribution < -0.4 is 0 Å². The number of hydrogen-bond acceptors (Lipinski definition) is 4. The summed E-state index contributed by atoms with van der Waals surface area (Å²) in [5.74, 6) is 0.249. The molecule has 0 aromatic heterocycles. The molecule has 24 heavy (non-hydrogen) atoms. The van der Waals surface area contributed by atoms with Crippen molar-refractivity contribution in [1.82, 2.24) is 0 Å². The van der Waals surface area contributed by atoms with E-state index in [1.807, 2.05) is 13.0 Å². The van der Waals surface area contributed by atoms with E-state index in [-0.39, 0.29) is 11.6 Å². The molecule has 2 aromatic rings. The molecule has 2 aliphatic rings. The number of rotatable bonds is 3. The van der Waals surface area contributed by atoms with Crippen LogP contribution in [-0.4, -0.2) is 16.5 Å². The van der Waals surface area contributed by atoms with Crippen molar-refractivity contribution in [2.45, 2.75) is 37.2 Å². The molecule has 0 aliphatic heterocycles. The third-order valence-corrected chi connectivity index (χ3v) is 5.36. The smallest absolute Gasteiger partial charge is 0.338 e. The van der Waals surface area contributed by atoms with Crippen molar-refractivity contribution in [2.75, 3.05) is 0 Å². The molecular formula is C19H17NO4. The molecule has 2 bridgehead atoms. The molecule has 0 amide bonds. The number of non-ortho nitro benzene ring substituents is 1. The Hall–Kier alpha value is -2.69. The zero-order valence-electron chi connectivity index (χ0n) is 13.3. The number of carbonyl (C=O) groups excluding carboxylic acids is 1. The monoisotopic (exact) mass is 323 g/mol. The Balaban J connectivity index is 1.56. The molecular weight excluding hydrogens is 306 g/mol. The van der Waals surface area contributed by atoms with Gasteiger partial charge in [-0.05, 0) is 48.9 Å². The lowest BCUT2D eigenvalue weighted by Crippen LogP contribution is -2.36. The van der Waals surface area contributed by atoms with Gasteiger partial charge < -0.3 is 4.74 Å². The van der Waals surface area contributed by atoms with Crippen molar-refractivity contribution < 1.29 is 14.5 Å². The van der Waals surface area contributed by atoms with Gasteiger partial charge in [0, 0.05) is 18.1 Å². The maximum Gasteiger partial charge on any atom is 0.338 e. The molecule has 0 saturated heterocycles. The third-order valence-electron chi connectivity index (χ3n) is 5.36. The predicted octanol–water partition coefficient (Wildman–Crippen LogP) is 4.19. The average Bonchev–Trinajstić information content (AvgIpc) is 3.10. The van der Waals surface area contributed by atoms with Crippen LogP contribution in [0, 0.1) is 10.1 Å². The van der Waals surface area contributed by atoms with E-state index in [9.17, 15) is 14.9 Å². The quantitative estimate of drug-likeness (QED) is 0.482. The first-order chi connectivity index (χ1) is 11.5. The third kappa shape index (κ3) is 2.19. The molecule has 0 radical (unpaired) electrons. The highest BCUT2D eigenvalue weighted by Gasteiger charge is 2.53. The van der Waals surface area contributed by atoms with Gasteiger partial charge in [0.1, 0.15) is 5.60 Å². The predicted molar refractivity (Wildman–Crippen MR) is 88.1 cm³/mol. The van der Waals surface area contributed by atoms with Crippen molar-refractivity contribution >= 4 is 11.7 Å². The molecule has 0 N–H and O–H groups in total. The van der Waals surface area contributed by atoms with Crippen LogP contribution in [0.4, 0.5) is 5.69 Å². The van der Waals surface area contributed by atoms with Crippen molar-refractivity contribution in [2.24, 2.45) is 0 Å². The Morgan fingerprint density at radius 2 is 1.83 bits per heavy atom. The van der Waals surface area contributed by atoms with Crippen LogP contribution >= 0.6 is 0 Å². The SMILES string of the molecule is CC1(OC(=O)c2ccc([N+](=O)[O-])cc2)CC2CC1c1ccccc12. The van der Waals surface area contributed by atoms with Gasteiger partial charge in [-0.25, -0.2) is 4.79 Å². The molecule has 0 spiro atoms. The lowest BCUT2D eigenvalue weighted by Gasteiger charge is -2.35. The second kappa shape index (κ2) is 5.16. The second-order valence-corrected chi connectivity index (χ2v) is 6.82. The number of esters is 1. The average molecular weight is 323 g/mol. The summed E-state index contributed by atoms with van der Waals surface area (Å²) in [6, 6.07) is 13.9. The van der Waals surface area contributed by atoms with Crippen LogP contribution in [0.15, 0.2) is 48.5 Å². The number of nitrogens with zero attached hydrogens (tertiary/aromatic N) is 1. The van der Waals surface area contributed by atoms with Gasteiger partial charge in [-0.2, -0.15) is 0 Å². The van der Waals surface area contributed by atoms with Gasteiger partial charge in [0.25, 0.3) is 5.69 Å². The number of hydrogen-bond donors (Lipinski definition) is 0. The highest BCUT2D eigenvalue weighted by molar-refractivity contribution is 5.90. The fourth-order valence-electron chi connectivity index (χ4n) is 4.24. The first-order valence-electron chi connectivity index (χ1n) is 8.04. The highest BCUT2D eigenvalue weighted by atomic mass is 16.6. The van der Waals surface area contributed by atoms with Crippen LogP contribution in [0.5, 0.6) is 0 Å². The zero-order chi connectivity index (χ0) is 16.9. The molecule has 1 fully saturated rings. The fourth-order valence-corrected chi connectivity index (χ4v) is 4.24. The maximum absolute atomic E-state index is 12.5. The summed E-state index contributed by atoms with van der Waals surface area (Å²) < 4.78 is 5.87. The highest BCUT2D eigenvalue weighted by Crippen LogP contribution is 2.59. The first-order valence-corrected chi connectivity index (χ1v) is 8.04. The Morgan fingerprint density at radius 1 is 1.17 bits per heavy atom. The van der Waals surface area contributed by atoms with Crippen molar-refractivity contribution in [3.05, 3.63) is 75.3 Å². The van der Waals surface area contributed by atoms with E-state index in [1.165, 1.54) is 35.4 Å². The van der Waals surface area contributed by atoms with Crippen LogP contribution in [0.1, 0.15) is 53.1 Å². The molecule has 5 nitrogen and oxygen atoms in total. The van der Waals surface area contributed by atoms with Crippen molar-refractivity contribution in [1.29, 1.82) is 0 Å². The molecule has 3 atom stereocenters. The number of nitro groups is 1. The lowest BCUT2D eigenvalue weighted by atomic mass is 9.81. The molecule has 2 aliphatic carbocycles. The van der Waals surface area contributed by atoms with E-state index in [1.54, 1.807) is 0 Å². The number of ether oxygens (including phenoxy) is 1. The summed E-state index contributed by atoms with van der Waals surface area (Å²) in [7, 11) is 0. The normalized spacial score (nSPS) is 26.9. The van der Waals surface area contributed by atoms with Gasteiger partial charge in [0.2, 0.25) is 0 Å². The number of nitro benzene ring substituents is 1. The minimum absolute atomic E-state index is 0.0355. The topological polar surface area (TPSA) is 69.4 Å². The van der Waals surface area contributed by atoms with Gasteiger partial charge in [0.05, 0.1) is 10.5 Å². The molecule has 2 aromatic carbocycles. The summed E-state index contributed by atoms with van der Waals surface area (Å²) in [6.45, 7) is 2.00. The summed E-state index contributed by atoms with van der Waals surface area (Å²) in [6.07, 6.45) is 1.84. The summed E-state index contributed by atoms with van der Waals surface area (Å²) >= 11 is 0. The maximum atomic E-state index is 12.5. The van der Waals surface area contributed by atoms with Gasteiger partial charge in [-0.3, -0.25) is 10.1 Å². The first kappa shape index (κ1) is 14.9. The van der Waals surface area contributed by atoms with Gasteiger partial charge >= 0.3 is 5.97 Å². The van der Waals surface area contributed by atoms with E-state index >= 15 is 0 Å². The van der Waals surface area contributed by atoms with Crippen molar-refractivity contribution in [3.8, 4) is 0 Å². The van der Waals surface area contributed by atoms with E-state index < -0.39 is 16.5 Å². The molecule has 1 saturated carbocycles. The summed E-state index contributed by atoms with van der Waals surface area (Å²) in [5, 5.41) is 10.7. The van der Waals surface area contributed by atoms with Crippen LogP contribution in [0.2, 0.25) is 0 Å². The van der Waals surface area contributed by atoms with Gasteiger partial charge in [0.15, 0.2) is 0 Å². The summed E-state index contributed by atoms with van der Waals surface area (Å²) in [4.78, 5) is 22.7. The van der Waals surface area contributed by atoms with E-state index in [4.69, 9.17) is 4.74 Å². The Bertz CT molecular complexity index is 830. The van der Waals surface area contributed by atoms with Gasteiger partial charge in [-0.1, -0.05) is 24.3 Å². The number of benzene rings is 2. The zero-order valence-corrected chi connectivity index (χ0v) is 13.3. The molecule has 4 rings (SSSR count). The molecule has 0 heterocycles. The Kier molecular flexibility index (Phi) is 3.20. The Morgan fingerprint density at radius 3 is 2.50 bits per heavy atom. The van der Waals surface area contributed by atoms with Crippen LogP contribution in [0.25, 0.3) is 0 Å². The minimum atomic E-state index is -0.516.